The first-order chi connectivity index (χ1) is 11.0. The number of tetrazole rings is 1. The zero-order valence-corrected chi connectivity index (χ0v) is 13.4. The van der Waals surface area contributed by atoms with Crippen LogP contribution in [0.1, 0.15) is 18.8 Å². The van der Waals surface area contributed by atoms with Crippen LogP contribution in [0.4, 0.5) is 4.79 Å². The van der Waals surface area contributed by atoms with Crippen LogP contribution in [0.5, 0.6) is 0 Å². The van der Waals surface area contributed by atoms with E-state index in [0.717, 1.165) is 5.69 Å². The van der Waals surface area contributed by atoms with Gasteiger partial charge in [-0.2, -0.15) is 0 Å². The number of benzene rings is 1. The number of amides is 1. The predicted molar refractivity (Wildman–Crippen MR) is 83.7 cm³/mol. The fourth-order valence-electron chi connectivity index (χ4n) is 2.57. The van der Waals surface area contributed by atoms with E-state index in [9.17, 15) is 4.79 Å². The van der Waals surface area contributed by atoms with Crippen LogP contribution < -0.4 is 0 Å². The van der Waals surface area contributed by atoms with Crippen molar-refractivity contribution in [2.24, 2.45) is 0 Å². The topological polar surface area (TPSA) is 87.4 Å². The second kappa shape index (κ2) is 6.51. The lowest BCUT2D eigenvalue weighted by molar-refractivity contribution is 0.0869. The van der Waals surface area contributed by atoms with Gasteiger partial charge in [0.2, 0.25) is 0 Å². The van der Waals surface area contributed by atoms with Crippen LogP contribution in [0.2, 0.25) is 5.02 Å². The molecule has 2 aromatic rings. The Morgan fingerprint density at radius 2 is 2.04 bits per heavy atom. The van der Waals surface area contributed by atoms with Crippen molar-refractivity contribution in [1.82, 2.24) is 30.0 Å². The maximum Gasteiger partial charge on any atom is 0.407 e. The summed E-state index contributed by atoms with van der Waals surface area (Å²) in [6.45, 7) is 4.28. The van der Waals surface area contributed by atoms with Gasteiger partial charge >= 0.3 is 6.09 Å². The Morgan fingerprint density at radius 3 is 2.70 bits per heavy atom. The molecule has 23 heavy (non-hydrogen) atoms. The number of piperazine rings is 1. The average Bonchev–Trinajstić information content (AvgIpc) is 3.04. The lowest BCUT2D eigenvalue weighted by Crippen LogP contribution is -2.49. The molecule has 0 saturated carbocycles. The molecule has 122 valence electrons. The summed E-state index contributed by atoms with van der Waals surface area (Å²) in [5.74, 6) is 0.605. The minimum absolute atomic E-state index is 0.0288. The number of rotatable bonds is 3. The van der Waals surface area contributed by atoms with Gasteiger partial charge in [0.05, 0.1) is 11.7 Å². The molecule has 2 heterocycles. The molecule has 8 nitrogen and oxygen atoms in total. The highest BCUT2D eigenvalue weighted by atomic mass is 35.5. The standard InChI is InChI=1S/C14H17ClN6O2/c1-10(19-5-7-20(8-6-19)14(22)23)13-16-18-21(17-13)12-4-2-3-11(15)9-12/h2-4,9-10H,5-8H2,1H3,(H,22,23)/t10-/m0/s1. The summed E-state index contributed by atoms with van der Waals surface area (Å²) in [6, 6.07) is 7.21. The van der Waals surface area contributed by atoms with Crippen molar-refractivity contribution in [3.63, 3.8) is 0 Å². The van der Waals surface area contributed by atoms with E-state index in [4.69, 9.17) is 16.7 Å². The van der Waals surface area contributed by atoms with Crippen molar-refractivity contribution in [1.29, 1.82) is 0 Å². The normalized spacial score (nSPS) is 17.2. The van der Waals surface area contributed by atoms with Gasteiger partial charge in [0.25, 0.3) is 0 Å². The van der Waals surface area contributed by atoms with Gasteiger partial charge in [-0.15, -0.1) is 15.0 Å². The highest BCUT2D eigenvalue weighted by molar-refractivity contribution is 6.30. The molecule has 3 rings (SSSR count). The fraction of sp³-hybridized carbons (Fsp3) is 0.429. The van der Waals surface area contributed by atoms with Crippen molar-refractivity contribution in [2.75, 3.05) is 26.2 Å². The third kappa shape index (κ3) is 3.43. The minimum Gasteiger partial charge on any atom is -0.465 e. The molecule has 1 aliphatic heterocycles. The van der Waals surface area contributed by atoms with Crippen LogP contribution in [0.15, 0.2) is 24.3 Å². The molecule has 0 unspecified atom stereocenters. The van der Waals surface area contributed by atoms with Crippen LogP contribution in [0.25, 0.3) is 5.69 Å². The lowest BCUT2D eigenvalue weighted by atomic mass is 10.2. The molecule has 1 N–H and O–H groups in total. The number of carbonyl (C=O) groups is 1. The van der Waals surface area contributed by atoms with Crippen LogP contribution in [0, 0.1) is 0 Å². The second-order valence-corrected chi connectivity index (χ2v) is 5.83. The van der Waals surface area contributed by atoms with E-state index in [1.54, 1.807) is 12.1 Å². The molecule has 1 aliphatic rings. The zero-order valence-electron chi connectivity index (χ0n) is 12.6. The Labute approximate surface area is 138 Å². The summed E-state index contributed by atoms with van der Waals surface area (Å²) in [4.78, 5) is 16.0. The summed E-state index contributed by atoms with van der Waals surface area (Å²) in [5.41, 5.74) is 0.749. The lowest BCUT2D eigenvalue weighted by Gasteiger charge is -2.35. The molecule has 1 aromatic heterocycles. The van der Waals surface area contributed by atoms with Crippen molar-refractivity contribution in [3.05, 3.63) is 35.1 Å². The second-order valence-electron chi connectivity index (χ2n) is 5.40. The van der Waals surface area contributed by atoms with Crippen LogP contribution in [0.3, 0.4) is 0 Å². The average molecular weight is 337 g/mol. The molecular formula is C14H17ClN6O2. The Morgan fingerprint density at radius 1 is 1.30 bits per heavy atom. The summed E-state index contributed by atoms with van der Waals surface area (Å²) in [7, 11) is 0. The maximum atomic E-state index is 10.9. The molecule has 1 fully saturated rings. The highest BCUT2D eigenvalue weighted by Gasteiger charge is 2.26. The van der Waals surface area contributed by atoms with Crippen LogP contribution >= 0.6 is 11.6 Å². The van der Waals surface area contributed by atoms with Gasteiger partial charge in [-0.1, -0.05) is 17.7 Å². The molecule has 0 spiro atoms. The molecule has 1 atom stereocenters. The number of halogens is 1. The van der Waals surface area contributed by atoms with Gasteiger partial charge in [0.1, 0.15) is 0 Å². The number of aromatic nitrogens is 4. The number of nitrogens with zero attached hydrogens (tertiary/aromatic N) is 6. The monoisotopic (exact) mass is 336 g/mol. The van der Waals surface area contributed by atoms with E-state index in [1.165, 1.54) is 9.70 Å². The van der Waals surface area contributed by atoms with E-state index in [1.807, 2.05) is 19.1 Å². The quantitative estimate of drug-likeness (QED) is 0.917. The molecular weight excluding hydrogens is 320 g/mol. The molecule has 1 amide bonds. The third-order valence-corrected chi connectivity index (χ3v) is 4.21. The largest absolute Gasteiger partial charge is 0.465 e. The van der Waals surface area contributed by atoms with Crippen molar-refractivity contribution in [2.45, 2.75) is 13.0 Å². The first-order valence-electron chi connectivity index (χ1n) is 7.32. The molecule has 1 aromatic carbocycles. The Kier molecular flexibility index (Phi) is 4.44. The van der Waals surface area contributed by atoms with E-state index < -0.39 is 6.09 Å². The van der Waals surface area contributed by atoms with Crippen molar-refractivity contribution >= 4 is 17.7 Å². The minimum atomic E-state index is -0.873. The summed E-state index contributed by atoms with van der Waals surface area (Å²) >= 11 is 5.97. The Hall–Kier alpha value is -2.19. The van der Waals surface area contributed by atoms with Gasteiger partial charge in [-0.25, -0.2) is 4.79 Å². The summed E-state index contributed by atoms with van der Waals surface area (Å²) < 4.78 is 0. The first kappa shape index (κ1) is 15.7. The number of hydrogen-bond acceptors (Lipinski definition) is 5. The molecule has 9 heteroatoms. The van der Waals surface area contributed by atoms with Gasteiger partial charge in [0.15, 0.2) is 5.82 Å². The summed E-state index contributed by atoms with van der Waals surface area (Å²) in [5, 5.41) is 22.2. The number of carboxylic acid groups (broad SMARTS) is 1. The predicted octanol–water partition coefficient (Wildman–Crippen LogP) is 1.67. The van der Waals surface area contributed by atoms with Gasteiger partial charge in [-0.3, -0.25) is 4.90 Å². The fourth-order valence-corrected chi connectivity index (χ4v) is 2.75. The van der Waals surface area contributed by atoms with Crippen molar-refractivity contribution in [3.8, 4) is 5.69 Å². The van der Waals surface area contributed by atoms with E-state index >= 15 is 0 Å². The third-order valence-electron chi connectivity index (χ3n) is 3.97. The van der Waals surface area contributed by atoms with E-state index in [-0.39, 0.29) is 6.04 Å². The Bertz CT molecular complexity index is 698. The smallest absolute Gasteiger partial charge is 0.407 e. The van der Waals surface area contributed by atoms with Gasteiger partial charge < -0.3 is 10.0 Å². The molecule has 0 bridgehead atoms. The summed E-state index contributed by atoms with van der Waals surface area (Å²) in [6.07, 6.45) is -0.873. The zero-order chi connectivity index (χ0) is 16.4. The first-order valence-corrected chi connectivity index (χ1v) is 7.70. The number of hydrogen-bond donors (Lipinski definition) is 1. The van der Waals surface area contributed by atoms with E-state index in [2.05, 4.69) is 20.3 Å². The maximum absolute atomic E-state index is 10.9. The Balaban J connectivity index is 1.69. The highest BCUT2D eigenvalue weighted by Crippen LogP contribution is 2.19. The molecule has 0 radical (unpaired) electrons. The van der Waals surface area contributed by atoms with Gasteiger partial charge in [-0.05, 0) is 30.3 Å². The van der Waals surface area contributed by atoms with Crippen molar-refractivity contribution < 1.29 is 9.90 Å². The van der Waals surface area contributed by atoms with Crippen LogP contribution in [-0.4, -0.2) is 67.4 Å². The van der Waals surface area contributed by atoms with Crippen LogP contribution in [-0.2, 0) is 0 Å². The SMILES string of the molecule is C[C@@H](c1nnn(-c2cccc(Cl)c2)n1)N1CCN(C(=O)O)CC1. The van der Waals surface area contributed by atoms with Gasteiger partial charge in [0, 0.05) is 31.2 Å². The molecule has 1 saturated heterocycles. The molecule has 0 aliphatic carbocycles. The van der Waals surface area contributed by atoms with E-state index in [0.29, 0.717) is 37.0 Å².